The number of halogens is 1. The molecule has 5 nitrogen and oxygen atoms in total. The van der Waals surface area contributed by atoms with Gasteiger partial charge in [-0.15, -0.1) is 0 Å². The standard InChI is InChI=1S/C25H35FN2O3S/c1-3-32-14-4-12-28-13-10-18(19(17-28)15-25(29)30)5-7-23(26)21-9-11-27-24-8-6-20(31-2)16-22(21)24/h6,8-9,11,16,18-19,23H,3-5,7,10,12-15,17H2,1-2H3,(H,29,30)/t18-,19+,23+/m1/s1. The van der Waals surface area contributed by atoms with E-state index in [9.17, 15) is 9.90 Å². The normalized spacial score (nSPS) is 20.3. The van der Waals surface area contributed by atoms with E-state index in [2.05, 4.69) is 16.8 Å². The minimum atomic E-state index is -1.11. The van der Waals surface area contributed by atoms with Crippen LogP contribution < -0.4 is 4.74 Å². The van der Waals surface area contributed by atoms with Crippen LogP contribution in [0.1, 0.15) is 50.8 Å². The summed E-state index contributed by atoms with van der Waals surface area (Å²) in [6.45, 7) is 4.97. The van der Waals surface area contributed by atoms with Crippen LogP contribution in [-0.2, 0) is 4.79 Å². The number of alkyl halides is 1. The Kier molecular flexibility index (Phi) is 9.60. The maximum absolute atomic E-state index is 15.4. The molecule has 7 heteroatoms. The fraction of sp³-hybridized carbons (Fsp3) is 0.600. The number of fused-ring (bicyclic) bond motifs is 1. The first kappa shape index (κ1) is 24.8. The van der Waals surface area contributed by atoms with Crippen LogP contribution in [0.4, 0.5) is 4.39 Å². The van der Waals surface area contributed by atoms with Crippen molar-refractivity contribution in [3.05, 3.63) is 36.0 Å². The molecule has 176 valence electrons. The molecule has 0 unspecified atom stereocenters. The number of carbonyl (C=O) groups is 1. The number of benzene rings is 1. The summed E-state index contributed by atoms with van der Waals surface area (Å²) in [5, 5.41) is 10.2. The first-order valence-corrected chi connectivity index (χ1v) is 12.8. The number of methoxy groups -OCH3 is 1. The lowest BCUT2D eigenvalue weighted by atomic mass is 9.79. The van der Waals surface area contributed by atoms with Crippen molar-refractivity contribution >= 4 is 28.6 Å². The summed E-state index contributed by atoms with van der Waals surface area (Å²) < 4.78 is 20.7. The molecule has 0 spiro atoms. The van der Waals surface area contributed by atoms with Crippen LogP contribution in [0, 0.1) is 11.8 Å². The molecule has 3 atom stereocenters. The number of carboxylic acid groups (broad SMARTS) is 1. The third kappa shape index (κ3) is 6.82. The van der Waals surface area contributed by atoms with Crippen molar-refractivity contribution in [3.63, 3.8) is 0 Å². The van der Waals surface area contributed by atoms with E-state index in [1.807, 2.05) is 30.0 Å². The highest BCUT2D eigenvalue weighted by atomic mass is 32.2. The molecule has 0 aliphatic carbocycles. The fourth-order valence-electron chi connectivity index (χ4n) is 4.79. The molecule has 0 bridgehead atoms. The van der Waals surface area contributed by atoms with Gasteiger partial charge in [-0.3, -0.25) is 9.78 Å². The molecule has 2 aromatic rings. The van der Waals surface area contributed by atoms with Crippen LogP contribution >= 0.6 is 11.8 Å². The fourth-order valence-corrected chi connectivity index (χ4v) is 5.41. The van der Waals surface area contributed by atoms with E-state index in [1.54, 1.807) is 19.4 Å². The average Bonchev–Trinajstić information content (AvgIpc) is 2.80. The lowest BCUT2D eigenvalue weighted by Gasteiger charge is -2.38. The van der Waals surface area contributed by atoms with Gasteiger partial charge in [0.2, 0.25) is 0 Å². The SMILES string of the molecule is CCSCCCN1CC[C@@H](CC[C@H](F)c2ccnc3ccc(OC)cc23)[C@@H](CC(=O)O)C1. The summed E-state index contributed by atoms with van der Waals surface area (Å²) in [4.78, 5) is 18.2. The summed E-state index contributed by atoms with van der Waals surface area (Å²) in [6, 6.07) is 7.27. The van der Waals surface area contributed by atoms with Crippen LogP contribution in [-0.4, -0.2) is 59.2 Å². The second-order valence-electron chi connectivity index (χ2n) is 8.59. The van der Waals surface area contributed by atoms with E-state index < -0.39 is 12.1 Å². The topological polar surface area (TPSA) is 62.7 Å². The van der Waals surface area contributed by atoms with Gasteiger partial charge in [-0.05, 0) is 91.9 Å². The van der Waals surface area contributed by atoms with Gasteiger partial charge in [0.05, 0.1) is 12.6 Å². The molecule has 1 aliphatic heterocycles. The summed E-state index contributed by atoms with van der Waals surface area (Å²) in [7, 11) is 1.60. The number of hydrogen-bond acceptors (Lipinski definition) is 5. The molecule has 1 aromatic carbocycles. The molecule has 1 fully saturated rings. The van der Waals surface area contributed by atoms with Gasteiger partial charge in [0.15, 0.2) is 0 Å². The molecule has 1 aromatic heterocycles. The second kappa shape index (κ2) is 12.4. The van der Waals surface area contributed by atoms with Crippen LogP contribution in [0.5, 0.6) is 5.75 Å². The van der Waals surface area contributed by atoms with Crippen molar-refractivity contribution < 1.29 is 19.0 Å². The third-order valence-electron chi connectivity index (χ3n) is 6.49. The van der Waals surface area contributed by atoms with Gasteiger partial charge >= 0.3 is 5.97 Å². The number of thioether (sulfide) groups is 1. The zero-order valence-corrected chi connectivity index (χ0v) is 20.0. The van der Waals surface area contributed by atoms with Crippen LogP contribution in [0.3, 0.4) is 0 Å². The minimum Gasteiger partial charge on any atom is -0.497 e. The highest BCUT2D eigenvalue weighted by Crippen LogP contribution is 2.36. The van der Waals surface area contributed by atoms with Crippen molar-refractivity contribution in [2.24, 2.45) is 11.8 Å². The Bertz CT molecular complexity index is 881. The number of carboxylic acids is 1. The van der Waals surface area contributed by atoms with Gasteiger partial charge in [-0.1, -0.05) is 6.92 Å². The molecular formula is C25H35FN2O3S. The summed E-state index contributed by atoms with van der Waals surface area (Å²) >= 11 is 1.95. The molecule has 3 rings (SSSR count). The van der Waals surface area contributed by atoms with Gasteiger partial charge in [0.1, 0.15) is 11.9 Å². The van der Waals surface area contributed by atoms with E-state index in [4.69, 9.17) is 4.74 Å². The zero-order chi connectivity index (χ0) is 22.9. The van der Waals surface area contributed by atoms with Crippen molar-refractivity contribution in [2.75, 3.05) is 38.2 Å². The Morgan fingerprint density at radius 3 is 2.97 bits per heavy atom. The Morgan fingerprint density at radius 1 is 1.38 bits per heavy atom. The molecule has 0 saturated carbocycles. The van der Waals surface area contributed by atoms with Gasteiger partial charge in [0.25, 0.3) is 0 Å². The van der Waals surface area contributed by atoms with Gasteiger partial charge < -0.3 is 14.7 Å². The quantitative estimate of drug-likeness (QED) is 0.415. The Hall–Kier alpha value is -1.86. The van der Waals surface area contributed by atoms with E-state index in [1.165, 1.54) is 0 Å². The predicted octanol–water partition coefficient (Wildman–Crippen LogP) is 5.59. The van der Waals surface area contributed by atoms with Crippen molar-refractivity contribution in [1.82, 2.24) is 9.88 Å². The second-order valence-corrected chi connectivity index (χ2v) is 9.98. The lowest BCUT2D eigenvalue weighted by molar-refractivity contribution is -0.139. The summed E-state index contributed by atoms with van der Waals surface area (Å²) in [5.74, 6) is 2.54. The van der Waals surface area contributed by atoms with Gasteiger partial charge in [-0.25, -0.2) is 4.39 Å². The molecule has 0 amide bonds. The van der Waals surface area contributed by atoms with E-state index in [0.717, 1.165) is 54.9 Å². The van der Waals surface area contributed by atoms with Crippen molar-refractivity contribution in [3.8, 4) is 5.75 Å². The molecule has 32 heavy (non-hydrogen) atoms. The maximum Gasteiger partial charge on any atom is 0.303 e. The first-order chi connectivity index (χ1) is 15.5. The summed E-state index contributed by atoms with van der Waals surface area (Å²) in [6.07, 6.45) is 3.87. The average molecular weight is 463 g/mol. The van der Waals surface area contributed by atoms with Crippen LogP contribution in [0.15, 0.2) is 30.5 Å². The molecule has 2 heterocycles. The minimum absolute atomic E-state index is 0.0848. The van der Waals surface area contributed by atoms with Gasteiger partial charge in [0, 0.05) is 24.5 Å². The molecule has 1 N–H and O–H groups in total. The smallest absolute Gasteiger partial charge is 0.303 e. The molecule has 1 saturated heterocycles. The van der Waals surface area contributed by atoms with E-state index in [-0.39, 0.29) is 18.3 Å². The largest absolute Gasteiger partial charge is 0.497 e. The Balaban J connectivity index is 1.62. The number of hydrogen-bond donors (Lipinski definition) is 1. The van der Waals surface area contributed by atoms with E-state index >= 15 is 4.39 Å². The Labute approximate surface area is 194 Å². The Morgan fingerprint density at radius 2 is 2.22 bits per heavy atom. The van der Waals surface area contributed by atoms with Crippen molar-refractivity contribution in [1.29, 1.82) is 0 Å². The zero-order valence-electron chi connectivity index (χ0n) is 19.1. The highest BCUT2D eigenvalue weighted by Gasteiger charge is 2.31. The molecular weight excluding hydrogens is 427 g/mol. The number of pyridine rings is 1. The highest BCUT2D eigenvalue weighted by molar-refractivity contribution is 7.99. The van der Waals surface area contributed by atoms with Crippen molar-refractivity contribution in [2.45, 2.75) is 45.2 Å². The van der Waals surface area contributed by atoms with Gasteiger partial charge in [-0.2, -0.15) is 11.8 Å². The number of rotatable bonds is 12. The number of nitrogens with zero attached hydrogens (tertiary/aromatic N) is 2. The van der Waals surface area contributed by atoms with Crippen LogP contribution in [0.2, 0.25) is 0 Å². The van der Waals surface area contributed by atoms with E-state index in [0.29, 0.717) is 24.2 Å². The maximum atomic E-state index is 15.4. The number of piperidine rings is 1. The number of ether oxygens (including phenoxy) is 1. The lowest BCUT2D eigenvalue weighted by Crippen LogP contribution is -2.42. The molecule has 1 aliphatic rings. The first-order valence-electron chi connectivity index (χ1n) is 11.6. The monoisotopic (exact) mass is 462 g/mol. The molecule has 0 radical (unpaired) electrons. The summed E-state index contributed by atoms with van der Waals surface area (Å²) in [5.41, 5.74) is 1.39. The number of aromatic nitrogens is 1. The third-order valence-corrected chi connectivity index (χ3v) is 7.48. The number of aliphatic carboxylic acids is 1. The number of likely N-dealkylation sites (tertiary alicyclic amines) is 1. The predicted molar refractivity (Wildman–Crippen MR) is 129 cm³/mol. The van der Waals surface area contributed by atoms with Crippen LogP contribution in [0.25, 0.3) is 10.9 Å².